The number of aromatic nitrogens is 3. The number of alkyl halides is 1. The van der Waals surface area contributed by atoms with Crippen molar-refractivity contribution in [3.05, 3.63) is 36.0 Å². The highest BCUT2D eigenvalue weighted by Crippen LogP contribution is 2.39. The number of methoxy groups -OCH3 is 1. The number of rotatable bonds is 4. The molecule has 3 aromatic heterocycles. The summed E-state index contributed by atoms with van der Waals surface area (Å²) in [6.45, 7) is 0. The summed E-state index contributed by atoms with van der Waals surface area (Å²) in [4.78, 5) is 23.8. The molecule has 27 heavy (non-hydrogen) atoms. The van der Waals surface area contributed by atoms with E-state index in [1.165, 1.54) is 0 Å². The minimum atomic E-state index is -1.03. The fourth-order valence-corrected chi connectivity index (χ4v) is 3.91. The molecule has 0 aliphatic heterocycles. The molecule has 4 aromatic rings. The van der Waals surface area contributed by atoms with Crippen molar-refractivity contribution in [1.82, 2.24) is 15.0 Å². The largest absolute Gasteiger partial charge is 0.496 e. The third-order valence-electron chi connectivity index (χ3n) is 4.78. The molecule has 0 spiro atoms. The number of amides is 1. The standard InChI is InChI=1S/C19H15FN4O2S/c1-26-15-6-14-16(27-8-22-14)5-10(15)12-7-21-18-9(12)2-3-17(23-18)24-19(25)11-4-13(11)20/h2-3,5-8,11,13H,4H2,1H3,(H2,21,23,24,25). The van der Waals surface area contributed by atoms with Gasteiger partial charge in [0.2, 0.25) is 5.91 Å². The molecule has 8 heteroatoms. The smallest absolute Gasteiger partial charge is 0.231 e. The minimum absolute atomic E-state index is 0.292. The second-order valence-electron chi connectivity index (χ2n) is 6.52. The van der Waals surface area contributed by atoms with Crippen molar-refractivity contribution in [3.63, 3.8) is 0 Å². The number of hydrogen-bond acceptors (Lipinski definition) is 5. The number of carbonyl (C=O) groups is 1. The van der Waals surface area contributed by atoms with Crippen LogP contribution < -0.4 is 10.1 Å². The first-order valence-corrected chi connectivity index (χ1v) is 9.36. The van der Waals surface area contributed by atoms with Gasteiger partial charge in [-0.3, -0.25) is 4.79 Å². The minimum Gasteiger partial charge on any atom is -0.496 e. The van der Waals surface area contributed by atoms with Crippen LogP contribution in [0.15, 0.2) is 36.0 Å². The van der Waals surface area contributed by atoms with Gasteiger partial charge in [-0.25, -0.2) is 14.4 Å². The number of thiazole rings is 1. The average Bonchev–Trinajstić information content (AvgIpc) is 3.07. The van der Waals surface area contributed by atoms with Crippen LogP contribution in [-0.2, 0) is 4.79 Å². The first-order chi connectivity index (χ1) is 13.1. The topological polar surface area (TPSA) is 79.9 Å². The number of pyridine rings is 1. The van der Waals surface area contributed by atoms with Gasteiger partial charge in [0, 0.05) is 28.8 Å². The van der Waals surface area contributed by atoms with Gasteiger partial charge >= 0.3 is 0 Å². The summed E-state index contributed by atoms with van der Waals surface area (Å²) in [5, 5.41) is 3.58. The Morgan fingerprint density at radius 3 is 3.00 bits per heavy atom. The van der Waals surface area contributed by atoms with Crippen LogP contribution in [0.5, 0.6) is 5.75 Å². The molecule has 1 saturated carbocycles. The zero-order chi connectivity index (χ0) is 18.5. The Kier molecular flexibility index (Phi) is 3.61. The third kappa shape index (κ3) is 2.73. The third-order valence-corrected chi connectivity index (χ3v) is 5.57. The maximum Gasteiger partial charge on any atom is 0.231 e. The molecule has 2 atom stereocenters. The van der Waals surface area contributed by atoms with Gasteiger partial charge in [-0.05, 0) is 24.6 Å². The van der Waals surface area contributed by atoms with E-state index < -0.39 is 12.1 Å². The van der Waals surface area contributed by atoms with Crippen LogP contribution in [0.1, 0.15) is 6.42 Å². The van der Waals surface area contributed by atoms with E-state index in [2.05, 4.69) is 26.3 Å². The number of nitrogens with zero attached hydrogens (tertiary/aromatic N) is 2. The number of H-pyrrole nitrogens is 1. The zero-order valence-corrected chi connectivity index (χ0v) is 15.1. The molecule has 1 fully saturated rings. The fraction of sp³-hybridized carbons (Fsp3) is 0.211. The molecule has 1 aromatic carbocycles. The average molecular weight is 382 g/mol. The number of fused-ring (bicyclic) bond motifs is 2. The van der Waals surface area contributed by atoms with Crippen molar-refractivity contribution in [2.45, 2.75) is 12.6 Å². The lowest BCUT2D eigenvalue weighted by Crippen LogP contribution is -2.15. The fourth-order valence-electron chi connectivity index (χ4n) is 3.22. The Morgan fingerprint density at radius 2 is 2.22 bits per heavy atom. The highest BCUT2D eigenvalue weighted by atomic mass is 32.1. The number of aromatic amines is 1. The number of anilines is 1. The van der Waals surface area contributed by atoms with Gasteiger partial charge in [0.15, 0.2) is 0 Å². The van der Waals surface area contributed by atoms with E-state index in [0.29, 0.717) is 17.9 Å². The van der Waals surface area contributed by atoms with Crippen molar-refractivity contribution in [2.24, 2.45) is 5.92 Å². The van der Waals surface area contributed by atoms with Crippen LogP contribution in [0, 0.1) is 5.92 Å². The molecule has 1 amide bonds. The lowest BCUT2D eigenvalue weighted by molar-refractivity contribution is -0.117. The zero-order valence-electron chi connectivity index (χ0n) is 14.3. The molecule has 0 saturated heterocycles. The monoisotopic (exact) mass is 382 g/mol. The van der Waals surface area contributed by atoms with E-state index in [1.54, 1.807) is 24.5 Å². The van der Waals surface area contributed by atoms with Crippen LogP contribution in [0.2, 0.25) is 0 Å². The number of nitrogens with one attached hydrogen (secondary N) is 2. The van der Waals surface area contributed by atoms with Gasteiger partial charge in [0.05, 0.1) is 28.8 Å². The molecule has 1 aliphatic rings. The lowest BCUT2D eigenvalue weighted by Gasteiger charge is -2.08. The van der Waals surface area contributed by atoms with Gasteiger partial charge in [0.1, 0.15) is 23.4 Å². The first-order valence-electron chi connectivity index (χ1n) is 8.48. The Hall–Kier alpha value is -3.00. The summed E-state index contributed by atoms with van der Waals surface area (Å²) >= 11 is 1.57. The first kappa shape index (κ1) is 16.2. The van der Waals surface area contributed by atoms with Crippen LogP contribution in [0.4, 0.5) is 10.2 Å². The van der Waals surface area contributed by atoms with Crippen LogP contribution in [0.3, 0.4) is 0 Å². The van der Waals surface area contributed by atoms with Gasteiger partial charge in [0.25, 0.3) is 0 Å². The Balaban J connectivity index is 1.54. The summed E-state index contributed by atoms with van der Waals surface area (Å²) in [6.07, 6.45) is 1.13. The van der Waals surface area contributed by atoms with E-state index in [4.69, 9.17) is 4.74 Å². The maximum atomic E-state index is 13.0. The highest BCUT2D eigenvalue weighted by molar-refractivity contribution is 7.16. The van der Waals surface area contributed by atoms with Crippen molar-refractivity contribution >= 4 is 44.3 Å². The normalized spacial score (nSPS) is 18.7. The molecule has 0 bridgehead atoms. The molecule has 3 heterocycles. The van der Waals surface area contributed by atoms with Gasteiger partial charge in [-0.15, -0.1) is 11.3 Å². The molecule has 5 rings (SSSR count). The van der Waals surface area contributed by atoms with Gasteiger partial charge < -0.3 is 15.0 Å². The van der Waals surface area contributed by atoms with Gasteiger partial charge in [-0.1, -0.05) is 0 Å². The lowest BCUT2D eigenvalue weighted by atomic mass is 10.0. The Labute approximate surface area is 157 Å². The quantitative estimate of drug-likeness (QED) is 0.556. The number of carbonyl (C=O) groups excluding carboxylic acids is 1. The maximum absolute atomic E-state index is 13.0. The van der Waals surface area contributed by atoms with Gasteiger partial charge in [-0.2, -0.15) is 0 Å². The molecular formula is C19H15FN4O2S. The van der Waals surface area contributed by atoms with Crippen LogP contribution >= 0.6 is 11.3 Å². The Bertz CT molecular complexity index is 1190. The Morgan fingerprint density at radius 1 is 1.37 bits per heavy atom. The predicted molar refractivity (Wildman–Crippen MR) is 103 cm³/mol. The molecule has 2 unspecified atom stereocenters. The van der Waals surface area contributed by atoms with Crippen molar-refractivity contribution in [1.29, 1.82) is 0 Å². The number of hydrogen-bond donors (Lipinski definition) is 2. The molecule has 1 aliphatic carbocycles. The molecular weight excluding hydrogens is 367 g/mol. The van der Waals surface area contributed by atoms with E-state index in [1.807, 2.05) is 23.8 Å². The molecule has 136 valence electrons. The number of halogens is 1. The van der Waals surface area contributed by atoms with E-state index in [9.17, 15) is 9.18 Å². The predicted octanol–water partition coefficient (Wildman–Crippen LogP) is 4.14. The van der Waals surface area contributed by atoms with E-state index in [0.717, 1.165) is 32.5 Å². The molecule has 0 radical (unpaired) electrons. The van der Waals surface area contributed by atoms with Crippen LogP contribution in [-0.4, -0.2) is 34.1 Å². The highest BCUT2D eigenvalue weighted by Gasteiger charge is 2.43. The second kappa shape index (κ2) is 6.02. The summed E-state index contributed by atoms with van der Waals surface area (Å²) in [5.74, 6) is 0.273. The number of benzene rings is 1. The van der Waals surface area contributed by atoms with Crippen molar-refractivity contribution in [2.75, 3.05) is 12.4 Å². The van der Waals surface area contributed by atoms with E-state index in [-0.39, 0.29) is 5.91 Å². The second-order valence-corrected chi connectivity index (χ2v) is 7.40. The molecule has 2 N–H and O–H groups in total. The molecule has 6 nitrogen and oxygen atoms in total. The van der Waals surface area contributed by atoms with Crippen molar-refractivity contribution in [3.8, 4) is 16.9 Å². The number of ether oxygens (including phenoxy) is 1. The summed E-state index contributed by atoms with van der Waals surface area (Å²) in [5.41, 5.74) is 5.24. The van der Waals surface area contributed by atoms with Crippen LogP contribution in [0.25, 0.3) is 32.4 Å². The summed E-state index contributed by atoms with van der Waals surface area (Å²) in [6, 6.07) is 7.59. The van der Waals surface area contributed by atoms with E-state index >= 15 is 0 Å². The van der Waals surface area contributed by atoms with Crippen molar-refractivity contribution < 1.29 is 13.9 Å². The SMILES string of the molecule is COc1cc2ncsc2cc1-c1c[nH]c2nc(NC(=O)C3CC3F)ccc12. The summed E-state index contributed by atoms with van der Waals surface area (Å²) < 4.78 is 19.7. The summed E-state index contributed by atoms with van der Waals surface area (Å²) in [7, 11) is 1.63.